The quantitative estimate of drug-likeness (QED) is 0.163. The SMILES string of the molecule is CCOc1ccc([C@@H]2/C(=C(\O)c3ccc4c(c3)C[C@H](C)O4)C(=O)C(=O)N2c2nc3ccc(Cl)cc3s2)cc1OC. The highest BCUT2D eigenvalue weighted by atomic mass is 35.5. The van der Waals surface area contributed by atoms with Crippen molar-refractivity contribution in [2.45, 2.75) is 32.4 Å². The zero-order chi connectivity index (χ0) is 28.1. The lowest BCUT2D eigenvalue weighted by molar-refractivity contribution is -0.132. The third kappa shape index (κ3) is 4.35. The van der Waals surface area contributed by atoms with Gasteiger partial charge in [0.05, 0.1) is 35.5 Å². The van der Waals surface area contributed by atoms with E-state index in [0.29, 0.717) is 51.3 Å². The van der Waals surface area contributed by atoms with E-state index in [-0.39, 0.29) is 17.4 Å². The van der Waals surface area contributed by atoms with Crippen LogP contribution in [0.5, 0.6) is 17.2 Å². The van der Waals surface area contributed by atoms with Crippen LogP contribution in [0.3, 0.4) is 0 Å². The summed E-state index contributed by atoms with van der Waals surface area (Å²) in [7, 11) is 1.52. The van der Waals surface area contributed by atoms with Gasteiger partial charge >= 0.3 is 5.91 Å². The molecule has 2 aliphatic rings. The van der Waals surface area contributed by atoms with Gasteiger partial charge in [0.1, 0.15) is 17.6 Å². The van der Waals surface area contributed by atoms with E-state index in [9.17, 15) is 14.7 Å². The van der Waals surface area contributed by atoms with Gasteiger partial charge in [0.25, 0.3) is 5.78 Å². The molecular formula is C30H25ClN2O6S. The van der Waals surface area contributed by atoms with Crippen molar-refractivity contribution in [2.75, 3.05) is 18.6 Å². The van der Waals surface area contributed by atoms with Gasteiger partial charge in [-0.2, -0.15) is 0 Å². The van der Waals surface area contributed by atoms with Crippen LogP contribution in [-0.4, -0.2) is 41.6 Å². The molecule has 10 heteroatoms. The third-order valence-corrected chi connectivity index (χ3v) is 8.21. The van der Waals surface area contributed by atoms with Crippen molar-refractivity contribution in [3.63, 3.8) is 0 Å². The first-order valence-corrected chi connectivity index (χ1v) is 14.0. The lowest BCUT2D eigenvalue weighted by Gasteiger charge is -2.24. The molecule has 3 heterocycles. The number of anilines is 1. The van der Waals surface area contributed by atoms with Crippen molar-refractivity contribution >= 4 is 55.7 Å². The number of aliphatic hydroxyl groups is 1. The summed E-state index contributed by atoms with van der Waals surface area (Å²) in [6, 6.07) is 14.7. The Morgan fingerprint density at radius 3 is 2.75 bits per heavy atom. The normalized spacial score (nSPS) is 19.6. The number of carbonyl (C=O) groups excluding carboxylic acids is 2. The number of Topliss-reactive ketones (excluding diaryl/α,β-unsaturated/α-hetero) is 1. The predicted octanol–water partition coefficient (Wildman–Crippen LogP) is 6.31. The zero-order valence-corrected chi connectivity index (χ0v) is 23.5. The fourth-order valence-electron chi connectivity index (χ4n) is 5.19. The number of halogens is 1. The standard InChI is InChI=1S/C30H25ClN2O6S/c1-4-38-22-10-5-16(13-23(22)37-3)26-25(27(34)17-6-9-21-18(12-17)11-15(2)39-21)28(35)29(36)33(26)30-32-20-8-7-19(31)14-24(20)40-30/h5-10,12-15,26,34H,4,11H2,1-3H3/b27-25+/t15-,26+/m0/s1. The number of aromatic nitrogens is 1. The second-order valence-electron chi connectivity index (χ2n) is 9.58. The number of hydrogen-bond donors (Lipinski definition) is 1. The van der Waals surface area contributed by atoms with Crippen molar-refractivity contribution in [1.82, 2.24) is 4.98 Å². The number of ether oxygens (including phenoxy) is 3. The molecule has 1 N–H and O–H groups in total. The van der Waals surface area contributed by atoms with Crippen LogP contribution >= 0.6 is 22.9 Å². The van der Waals surface area contributed by atoms with Gasteiger partial charge in [-0.15, -0.1) is 0 Å². The number of hydrogen-bond acceptors (Lipinski definition) is 8. The fourth-order valence-corrected chi connectivity index (χ4v) is 6.46. The fraction of sp³-hybridized carbons (Fsp3) is 0.233. The molecule has 4 aromatic rings. The number of fused-ring (bicyclic) bond motifs is 2. The van der Waals surface area contributed by atoms with Crippen molar-refractivity contribution in [3.05, 3.63) is 81.9 Å². The maximum Gasteiger partial charge on any atom is 0.301 e. The van der Waals surface area contributed by atoms with Gasteiger partial charge in [0.2, 0.25) is 0 Å². The van der Waals surface area contributed by atoms with Gasteiger partial charge in [0, 0.05) is 17.0 Å². The van der Waals surface area contributed by atoms with Crippen molar-refractivity contribution in [3.8, 4) is 17.2 Å². The van der Waals surface area contributed by atoms with E-state index in [0.717, 1.165) is 16.0 Å². The molecule has 0 bridgehead atoms. The number of aliphatic hydroxyl groups excluding tert-OH is 1. The second-order valence-corrected chi connectivity index (χ2v) is 11.0. The highest BCUT2D eigenvalue weighted by molar-refractivity contribution is 7.22. The Balaban J connectivity index is 1.55. The van der Waals surface area contributed by atoms with Crippen molar-refractivity contribution in [2.24, 2.45) is 0 Å². The molecule has 0 saturated carbocycles. The number of benzene rings is 3. The van der Waals surface area contributed by atoms with E-state index in [4.69, 9.17) is 25.8 Å². The molecular weight excluding hydrogens is 552 g/mol. The van der Waals surface area contributed by atoms with Crippen LogP contribution in [0, 0.1) is 0 Å². The molecule has 8 nitrogen and oxygen atoms in total. The van der Waals surface area contributed by atoms with E-state index in [1.165, 1.54) is 23.3 Å². The van der Waals surface area contributed by atoms with Gasteiger partial charge in [0.15, 0.2) is 16.6 Å². The van der Waals surface area contributed by atoms with Gasteiger partial charge < -0.3 is 19.3 Å². The Labute approximate surface area is 239 Å². The summed E-state index contributed by atoms with van der Waals surface area (Å²) >= 11 is 7.43. The van der Waals surface area contributed by atoms with Gasteiger partial charge in [-0.25, -0.2) is 4.98 Å². The first-order valence-electron chi connectivity index (χ1n) is 12.8. The minimum absolute atomic E-state index is 0.0156. The summed E-state index contributed by atoms with van der Waals surface area (Å²) in [5.41, 5.74) is 2.50. The number of rotatable bonds is 6. The summed E-state index contributed by atoms with van der Waals surface area (Å²) in [6.07, 6.45) is 0.695. The molecule has 0 unspecified atom stereocenters. The van der Waals surface area contributed by atoms with Crippen molar-refractivity contribution < 1.29 is 28.9 Å². The van der Waals surface area contributed by atoms with E-state index in [1.807, 2.05) is 13.8 Å². The lowest BCUT2D eigenvalue weighted by atomic mass is 9.94. The topological polar surface area (TPSA) is 98.2 Å². The van der Waals surface area contributed by atoms with Crippen molar-refractivity contribution in [1.29, 1.82) is 0 Å². The third-order valence-electron chi connectivity index (χ3n) is 6.96. The molecule has 0 aliphatic carbocycles. The highest BCUT2D eigenvalue weighted by Crippen LogP contribution is 2.46. The first kappa shape index (κ1) is 26.2. The molecule has 204 valence electrons. The van der Waals surface area contributed by atoms with Crippen LogP contribution in [0.4, 0.5) is 5.13 Å². The van der Waals surface area contributed by atoms with E-state index in [2.05, 4.69) is 4.98 Å². The van der Waals surface area contributed by atoms with Crippen LogP contribution in [0.2, 0.25) is 5.02 Å². The van der Waals surface area contributed by atoms with E-state index in [1.54, 1.807) is 54.6 Å². The van der Waals surface area contributed by atoms with Crippen LogP contribution < -0.4 is 19.1 Å². The summed E-state index contributed by atoms with van der Waals surface area (Å²) in [5, 5.41) is 12.4. The molecule has 0 spiro atoms. The number of thiazole rings is 1. The molecule has 6 rings (SSSR count). The molecule has 1 aromatic heterocycles. The number of methoxy groups -OCH3 is 1. The molecule has 40 heavy (non-hydrogen) atoms. The van der Waals surface area contributed by atoms with Crippen LogP contribution in [0.1, 0.15) is 36.6 Å². The Hall–Kier alpha value is -4.08. The first-order chi connectivity index (χ1) is 19.3. The zero-order valence-electron chi connectivity index (χ0n) is 21.9. The number of nitrogens with zero attached hydrogens (tertiary/aromatic N) is 2. The number of amides is 1. The van der Waals surface area contributed by atoms with Gasteiger partial charge in [-0.1, -0.05) is 29.0 Å². The second kappa shape index (κ2) is 10.1. The van der Waals surface area contributed by atoms with E-state index < -0.39 is 17.7 Å². The Morgan fingerprint density at radius 1 is 1.15 bits per heavy atom. The minimum atomic E-state index is -0.968. The number of carbonyl (C=O) groups is 2. The summed E-state index contributed by atoms with van der Waals surface area (Å²) in [5.74, 6) is -0.172. The van der Waals surface area contributed by atoms with E-state index >= 15 is 0 Å². The average Bonchev–Trinajstić information content (AvgIpc) is 3.60. The monoisotopic (exact) mass is 576 g/mol. The summed E-state index contributed by atoms with van der Waals surface area (Å²) in [4.78, 5) is 33.2. The predicted molar refractivity (Wildman–Crippen MR) is 154 cm³/mol. The molecule has 2 aliphatic heterocycles. The smallest absolute Gasteiger partial charge is 0.301 e. The highest BCUT2D eigenvalue weighted by Gasteiger charge is 2.48. The van der Waals surface area contributed by atoms with Crippen LogP contribution in [0.25, 0.3) is 16.0 Å². The minimum Gasteiger partial charge on any atom is -0.507 e. The maximum absolute atomic E-state index is 13.6. The lowest BCUT2D eigenvalue weighted by Crippen LogP contribution is -2.29. The molecule has 3 aromatic carbocycles. The number of ketones is 1. The van der Waals surface area contributed by atoms with Crippen LogP contribution in [-0.2, 0) is 16.0 Å². The van der Waals surface area contributed by atoms with Gasteiger partial charge in [-0.3, -0.25) is 14.5 Å². The Morgan fingerprint density at radius 2 is 1.98 bits per heavy atom. The molecule has 0 radical (unpaired) electrons. The largest absolute Gasteiger partial charge is 0.507 e. The molecule has 1 saturated heterocycles. The summed E-state index contributed by atoms with van der Waals surface area (Å²) in [6.45, 7) is 4.27. The summed E-state index contributed by atoms with van der Waals surface area (Å²) < 4.78 is 17.8. The average molecular weight is 577 g/mol. The Bertz CT molecular complexity index is 1710. The molecule has 1 fully saturated rings. The van der Waals surface area contributed by atoms with Crippen LogP contribution in [0.15, 0.2) is 60.2 Å². The Kier molecular flexibility index (Phi) is 6.64. The van der Waals surface area contributed by atoms with Gasteiger partial charge in [-0.05, 0) is 73.5 Å². The maximum atomic E-state index is 13.6. The molecule has 1 amide bonds. The molecule has 2 atom stereocenters.